The van der Waals surface area contributed by atoms with Gasteiger partial charge in [0.1, 0.15) is 6.04 Å². The first-order chi connectivity index (χ1) is 10.2. The van der Waals surface area contributed by atoms with E-state index in [-0.39, 0.29) is 23.8 Å². The van der Waals surface area contributed by atoms with Crippen molar-refractivity contribution in [1.29, 1.82) is 0 Å². The molecule has 120 valence electrons. The highest BCUT2D eigenvalue weighted by molar-refractivity contribution is 5.86. The van der Waals surface area contributed by atoms with Gasteiger partial charge in [-0.05, 0) is 32.7 Å². The number of carbonyl (C=O) groups excluding carboxylic acids is 2. The molecule has 0 spiro atoms. The number of likely N-dealkylation sites (tertiary alicyclic amines) is 1. The molecule has 6 nitrogen and oxygen atoms in total. The van der Waals surface area contributed by atoms with Crippen LogP contribution in [0, 0.1) is 5.92 Å². The summed E-state index contributed by atoms with van der Waals surface area (Å²) in [5.41, 5.74) is 0. The summed E-state index contributed by atoms with van der Waals surface area (Å²) in [5.74, 6) is -0.444. The van der Waals surface area contributed by atoms with E-state index in [1.165, 1.54) is 0 Å². The first kappa shape index (κ1) is 16.2. The van der Waals surface area contributed by atoms with Gasteiger partial charge in [0.2, 0.25) is 5.91 Å². The molecule has 1 N–H and O–H groups in total. The minimum atomic E-state index is -0.422. The monoisotopic (exact) mass is 298 g/mol. The van der Waals surface area contributed by atoms with Gasteiger partial charge in [0, 0.05) is 12.6 Å². The predicted molar refractivity (Wildman–Crippen MR) is 77.8 cm³/mol. The lowest BCUT2D eigenvalue weighted by molar-refractivity contribution is -0.158. The van der Waals surface area contributed by atoms with Gasteiger partial charge in [-0.2, -0.15) is 0 Å². The van der Waals surface area contributed by atoms with Crippen LogP contribution in [-0.2, 0) is 19.1 Å². The smallest absolute Gasteiger partial charge is 0.328 e. The highest BCUT2D eigenvalue weighted by Gasteiger charge is 2.41. The maximum Gasteiger partial charge on any atom is 0.328 e. The number of hydrogen-bond donors (Lipinski definition) is 1. The Hall–Kier alpha value is -1.14. The molecule has 0 aromatic rings. The van der Waals surface area contributed by atoms with Gasteiger partial charge in [-0.3, -0.25) is 4.79 Å². The highest BCUT2D eigenvalue weighted by atomic mass is 16.5. The molecule has 2 heterocycles. The summed E-state index contributed by atoms with van der Waals surface area (Å²) in [4.78, 5) is 26.6. The number of esters is 1. The van der Waals surface area contributed by atoms with Crippen molar-refractivity contribution >= 4 is 11.9 Å². The maximum absolute atomic E-state index is 12.8. The Balaban J connectivity index is 2.05. The number of nitrogens with zero attached hydrogens (tertiary/aromatic N) is 1. The molecule has 2 saturated heterocycles. The maximum atomic E-state index is 12.8. The van der Waals surface area contributed by atoms with Gasteiger partial charge in [0.25, 0.3) is 0 Å². The molecule has 3 unspecified atom stereocenters. The zero-order valence-corrected chi connectivity index (χ0v) is 13.0. The van der Waals surface area contributed by atoms with E-state index in [2.05, 4.69) is 5.32 Å². The topological polar surface area (TPSA) is 67.9 Å². The lowest BCUT2D eigenvalue weighted by Gasteiger charge is -2.36. The average Bonchev–Trinajstić information content (AvgIpc) is 2.95. The van der Waals surface area contributed by atoms with E-state index in [0.29, 0.717) is 32.8 Å². The second kappa shape index (κ2) is 7.75. The van der Waals surface area contributed by atoms with Gasteiger partial charge in [-0.15, -0.1) is 0 Å². The number of rotatable bonds is 5. The van der Waals surface area contributed by atoms with Crippen LogP contribution in [0.2, 0.25) is 0 Å². The fourth-order valence-corrected chi connectivity index (χ4v) is 3.15. The molecule has 21 heavy (non-hydrogen) atoms. The van der Waals surface area contributed by atoms with Crippen LogP contribution in [0.1, 0.15) is 33.1 Å². The second-order valence-corrected chi connectivity index (χ2v) is 5.60. The fourth-order valence-electron chi connectivity index (χ4n) is 3.15. The summed E-state index contributed by atoms with van der Waals surface area (Å²) >= 11 is 0. The molecule has 0 bridgehead atoms. The van der Waals surface area contributed by atoms with Crippen molar-refractivity contribution in [3.63, 3.8) is 0 Å². The largest absolute Gasteiger partial charge is 0.464 e. The predicted octanol–water partition coefficient (Wildman–Crippen LogP) is 0.555. The lowest BCUT2D eigenvalue weighted by Crippen LogP contribution is -2.53. The lowest BCUT2D eigenvalue weighted by atomic mass is 9.96. The van der Waals surface area contributed by atoms with Crippen molar-refractivity contribution in [3.05, 3.63) is 0 Å². The molecule has 0 radical (unpaired) electrons. The number of carbonyl (C=O) groups is 2. The van der Waals surface area contributed by atoms with E-state index in [0.717, 1.165) is 19.4 Å². The minimum absolute atomic E-state index is 0.0243. The van der Waals surface area contributed by atoms with Crippen LogP contribution in [0.5, 0.6) is 0 Å². The van der Waals surface area contributed by atoms with E-state index >= 15 is 0 Å². The molecule has 2 rings (SSSR count). The second-order valence-electron chi connectivity index (χ2n) is 5.60. The van der Waals surface area contributed by atoms with Crippen LogP contribution in [0.25, 0.3) is 0 Å². The van der Waals surface area contributed by atoms with Gasteiger partial charge in [-0.1, -0.05) is 6.92 Å². The van der Waals surface area contributed by atoms with Crippen LogP contribution in [0.4, 0.5) is 0 Å². The van der Waals surface area contributed by atoms with Gasteiger partial charge in [-0.25, -0.2) is 4.79 Å². The van der Waals surface area contributed by atoms with Crippen LogP contribution in [-0.4, -0.2) is 61.8 Å². The quantitative estimate of drug-likeness (QED) is 0.751. The first-order valence-electron chi connectivity index (χ1n) is 7.97. The van der Waals surface area contributed by atoms with Crippen LogP contribution < -0.4 is 5.32 Å². The summed E-state index contributed by atoms with van der Waals surface area (Å²) in [7, 11) is 0. The van der Waals surface area contributed by atoms with Crippen molar-refractivity contribution in [1.82, 2.24) is 10.2 Å². The van der Waals surface area contributed by atoms with E-state index in [9.17, 15) is 9.59 Å². The molecule has 2 aliphatic heterocycles. The van der Waals surface area contributed by atoms with Gasteiger partial charge in [0.05, 0.1) is 25.7 Å². The van der Waals surface area contributed by atoms with Crippen molar-refractivity contribution in [2.24, 2.45) is 5.92 Å². The molecule has 0 aliphatic carbocycles. The number of nitrogens with one attached hydrogen (secondary N) is 1. The third kappa shape index (κ3) is 3.74. The van der Waals surface area contributed by atoms with Gasteiger partial charge < -0.3 is 19.7 Å². The molecular weight excluding hydrogens is 272 g/mol. The number of likely N-dealkylation sites (N-methyl/N-ethyl adjacent to an activating group) is 1. The average molecular weight is 298 g/mol. The molecule has 2 aliphatic rings. The third-order valence-electron chi connectivity index (χ3n) is 4.21. The molecule has 0 aromatic carbocycles. The van der Waals surface area contributed by atoms with E-state index in [1.807, 2.05) is 6.92 Å². The summed E-state index contributed by atoms with van der Waals surface area (Å²) in [6, 6.07) is -0.374. The molecule has 3 atom stereocenters. The summed E-state index contributed by atoms with van der Waals surface area (Å²) in [6.45, 7) is 6.59. The molecule has 2 fully saturated rings. The minimum Gasteiger partial charge on any atom is -0.464 e. The standard InChI is InChI=1S/C15H26N2O4/c1-3-16-12-10-20-9-11(12)14(18)17-8-6-5-7-13(17)15(19)21-4-2/h11-13,16H,3-10H2,1-2H3. The highest BCUT2D eigenvalue weighted by Crippen LogP contribution is 2.24. The zero-order chi connectivity index (χ0) is 15.2. The molecule has 0 saturated carbocycles. The molecule has 6 heteroatoms. The fraction of sp³-hybridized carbons (Fsp3) is 0.867. The molecule has 1 amide bonds. The molecule has 0 aromatic heterocycles. The summed E-state index contributed by atoms with van der Waals surface area (Å²) < 4.78 is 10.6. The van der Waals surface area contributed by atoms with Crippen molar-refractivity contribution in [2.45, 2.75) is 45.2 Å². The Kier molecular flexibility index (Phi) is 5.99. The van der Waals surface area contributed by atoms with Crippen LogP contribution in [0.15, 0.2) is 0 Å². The number of ether oxygens (including phenoxy) is 2. The van der Waals surface area contributed by atoms with E-state index < -0.39 is 6.04 Å². The van der Waals surface area contributed by atoms with Crippen molar-refractivity contribution in [2.75, 3.05) is 32.9 Å². The number of amides is 1. The normalized spacial score (nSPS) is 29.4. The van der Waals surface area contributed by atoms with E-state index in [1.54, 1.807) is 11.8 Å². The Morgan fingerprint density at radius 3 is 2.81 bits per heavy atom. The van der Waals surface area contributed by atoms with Crippen molar-refractivity contribution in [3.8, 4) is 0 Å². The SMILES string of the molecule is CCNC1COCC1C(=O)N1CCCCC1C(=O)OCC. The Morgan fingerprint density at radius 1 is 1.29 bits per heavy atom. The molecular formula is C15H26N2O4. The van der Waals surface area contributed by atoms with E-state index in [4.69, 9.17) is 9.47 Å². The number of piperidine rings is 1. The van der Waals surface area contributed by atoms with Gasteiger partial charge in [0.15, 0.2) is 0 Å². The van der Waals surface area contributed by atoms with Crippen LogP contribution >= 0.6 is 0 Å². The zero-order valence-electron chi connectivity index (χ0n) is 13.0. The Labute approximate surface area is 126 Å². The summed E-state index contributed by atoms with van der Waals surface area (Å²) in [5, 5.41) is 3.30. The third-order valence-corrected chi connectivity index (χ3v) is 4.21. The number of hydrogen-bond acceptors (Lipinski definition) is 5. The summed E-state index contributed by atoms with van der Waals surface area (Å²) in [6.07, 6.45) is 2.61. The Morgan fingerprint density at radius 2 is 2.10 bits per heavy atom. The first-order valence-corrected chi connectivity index (χ1v) is 7.97. The Bertz CT molecular complexity index is 375. The van der Waals surface area contributed by atoms with Crippen LogP contribution in [0.3, 0.4) is 0 Å². The van der Waals surface area contributed by atoms with Gasteiger partial charge >= 0.3 is 5.97 Å². The van der Waals surface area contributed by atoms with Crippen molar-refractivity contribution < 1.29 is 19.1 Å².